The molecule has 0 bridgehead atoms. The Balaban J connectivity index is 1.54. The van der Waals surface area contributed by atoms with E-state index in [9.17, 15) is 9.59 Å². The molecule has 5 nitrogen and oxygen atoms in total. The first-order valence-electron chi connectivity index (χ1n) is 9.42. The SMILES string of the molecule is Cc1ccc(C(=O)NC(=S)Nc2cccc(-c3cc4ccccc4oc3=O)c2)c(Cl)c1. The van der Waals surface area contributed by atoms with Gasteiger partial charge in [-0.2, -0.15) is 0 Å². The van der Waals surface area contributed by atoms with Gasteiger partial charge in [0.1, 0.15) is 5.58 Å². The summed E-state index contributed by atoms with van der Waals surface area (Å²) in [6.45, 7) is 1.89. The summed E-state index contributed by atoms with van der Waals surface area (Å²) in [6.07, 6.45) is 0. The molecule has 0 unspecified atom stereocenters. The minimum atomic E-state index is -0.430. The highest BCUT2D eigenvalue weighted by molar-refractivity contribution is 7.80. The average molecular weight is 449 g/mol. The Kier molecular flexibility index (Phi) is 5.84. The van der Waals surface area contributed by atoms with Gasteiger partial charge in [0.25, 0.3) is 5.91 Å². The van der Waals surface area contributed by atoms with Gasteiger partial charge >= 0.3 is 5.63 Å². The van der Waals surface area contributed by atoms with Gasteiger partial charge < -0.3 is 9.73 Å². The van der Waals surface area contributed by atoms with Gasteiger partial charge in [-0.1, -0.05) is 48.0 Å². The van der Waals surface area contributed by atoms with Crippen molar-refractivity contribution in [2.45, 2.75) is 6.92 Å². The van der Waals surface area contributed by atoms with Gasteiger partial charge in [-0.05, 0) is 66.7 Å². The van der Waals surface area contributed by atoms with Crippen LogP contribution in [-0.2, 0) is 0 Å². The second-order valence-electron chi connectivity index (χ2n) is 6.96. The highest BCUT2D eigenvalue weighted by Gasteiger charge is 2.13. The van der Waals surface area contributed by atoms with Crippen LogP contribution in [0.5, 0.6) is 0 Å². The number of anilines is 1. The molecule has 0 aliphatic carbocycles. The summed E-state index contributed by atoms with van der Waals surface area (Å²) >= 11 is 11.4. The fourth-order valence-corrected chi connectivity index (χ4v) is 3.70. The van der Waals surface area contributed by atoms with Gasteiger partial charge in [-0.3, -0.25) is 10.1 Å². The molecule has 0 aliphatic heterocycles. The van der Waals surface area contributed by atoms with Crippen molar-refractivity contribution in [1.29, 1.82) is 0 Å². The second kappa shape index (κ2) is 8.71. The van der Waals surface area contributed by atoms with Gasteiger partial charge in [0.2, 0.25) is 0 Å². The normalized spacial score (nSPS) is 10.6. The van der Waals surface area contributed by atoms with Crippen molar-refractivity contribution in [2.24, 2.45) is 0 Å². The fraction of sp³-hybridized carbons (Fsp3) is 0.0417. The predicted molar refractivity (Wildman–Crippen MR) is 128 cm³/mol. The van der Waals surface area contributed by atoms with Crippen molar-refractivity contribution in [3.8, 4) is 11.1 Å². The molecular weight excluding hydrogens is 432 g/mol. The molecule has 4 rings (SSSR count). The number of para-hydroxylation sites is 1. The monoisotopic (exact) mass is 448 g/mol. The van der Waals surface area contributed by atoms with Gasteiger partial charge in [0, 0.05) is 11.1 Å². The topological polar surface area (TPSA) is 71.3 Å². The van der Waals surface area contributed by atoms with Crippen LogP contribution in [0, 0.1) is 6.92 Å². The van der Waals surface area contributed by atoms with Crippen molar-refractivity contribution in [3.05, 3.63) is 99.4 Å². The third-order valence-electron chi connectivity index (χ3n) is 4.67. The van der Waals surface area contributed by atoms with Crippen LogP contribution < -0.4 is 16.3 Å². The molecule has 0 fully saturated rings. The minimum Gasteiger partial charge on any atom is -0.422 e. The maximum Gasteiger partial charge on any atom is 0.344 e. The number of hydrogen-bond acceptors (Lipinski definition) is 4. The van der Waals surface area contributed by atoms with Crippen LogP contribution in [0.3, 0.4) is 0 Å². The lowest BCUT2D eigenvalue weighted by molar-refractivity contribution is 0.0978. The van der Waals surface area contributed by atoms with Crippen molar-refractivity contribution in [2.75, 3.05) is 5.32 Å². The Morgan fingerprint density at radius 3 is 2.61 bits per heavy atom. The summed E-state index contributed by atoms with van der Waals surface area (Å²) in [5.41, 5.74) is 3.11. The number of hydrogen-bond donors (Lipinski definition) is 2. The largest absolute Gasteiger partial charge is 0.422 e. The zero-order valence-electron chi connectivity index (χ0n) is 16.4. The quantitative estimate of drug-likeness (QED) is 0.317. The summed E-state index contributed by atoms with van der Waals surface area (Å²) in [5.74, 6) is -0.408. The Morgan fingerprint density at radius 2 is 1.81 bits per heavy atom. The number of thiocarbonyl (C=S) groups is 1. The molecule has 0 saturated carbocycles. The Labute approximate surface area is 188 Å². The molecule has 1 heterocycles. The lowest BCUT2D eigenvalue weighted by atomic mass is 10.1. The molecule has 0 aliphatic rings. The highest BCUT2D eigenvalue weighted by Crippen LogP contribution is 2.23. The van der Waals surface area contributed by atoms with E-state index in [1.54, 1.807) is 54.6 Å². The van der Waals surface area contributed by atoms with Gasteiger partial charge in [0.15, 0.2) is 5.11 Å². The molecule has 31 heavy (non-hydrogen) atoms. The van der Waals surface area contributed by atoms with E-state index in [1.807, 2.05) is 25.1 Å². The van der Waals surface area contributed by atoms with E-state index < -0.39 is 11.5 Å². The Hall–Kier alpha value is -3.48. The number of benzene rings is 3. The summed E-state index contributed by atoms with van der Waals surface area (Å²) < 4.78 is 5.42. The van der Waals surface area contributed by atoms with Crippen LogP contribution in [0.15, 0.2) is 82.0 Å². The van der Waals surface area contributed by atoms with Crippen LogP contribution in [0.4, 0.5) is 5.69 Å². The number of aryl methyl sites for hydroxylation is 1. The number of fused-ring (bicyclic) bond motifs is 1. The molecule has 1 amide bonds. The fourth-order valence-electron chi connectivity index (χ4n) is 3.16. The van der Waals surface area contributed by atoms with Crippen molar-refractivity contribution in [1.82, 2.24) is 5.32 Å². The predicted octanol–water partition coefficient (Wildman–Crippen LogP) is 5.55. The molecule has 4 aromatic rings. The number of rotatable bonds is 3. The van der Waals surface area contributed by atoms with Crippen molar-refractivity contribution in [3.63, 3.8) is 0 Å². The Bertz CT molecular complexity index is 1380. The van der Waals surface area contributed by atoms with Crippen LogP contribution in [0.1, 0.15) is 15.9 Å². The Morgan fingerprint density at radius 1 is 1.00 bits per heavy atom. The summed E-state index contributed by atoms with van der Waals surface area (Å²) in [6, 6.07) is 21.4. The number of nitrogens with one attached hydrogen (secondary N) is 2. The molecule has 0 spiro atoms. The lowest BCUT2D eigenvalue weighted by Gasteiger charge is -2.12. The van der Waals surface area contributed by atoms with Crippen molar-refractivity contribution >= 4 is 51.5 Å². The summed E-state index contributed by atoms with van der Waals surface area (Å²) in [5, 5.41) is 6.87. The molecule has 7 heteroatoms. The average Bonchev–Trinajstić information content (AvgIpc) is 2.73. The van der Waals surface area contributed by atoms with Crippen LogP contribution in [-0.4, -0.2) is 11.0 Å². The smallest absolute Gasteiger partial charge is 0.344 e. The number of amides is 1. The zero-order valence-corrected chi connectivity index (χ0v) is 18.0. The number of halogens is 1. The summed E-state index contributed by atoms with van der Waals surface area (Å²) in [4.78, 5) is 24.9. The van der Waals surface area contributed by atoms with E-state index in [2.05, 4.69) is 10.6 Å². The molecule has 0 saturated heterocycles. The molecule has 2 N–H and O–H groups in total. The third kappa shape index (κ3) is 4.66. The van der Waals surface area contributed by atoms with E-state index in [1.165, 1.54) is 0 Å². The highest BCUT2D eigenvalue weighted by atomic mass is 35.5. The van der Waals surface area contributed by atoms with E-state index in [4.69, 9.17) is 28.2 Å². The van der Waals surface area contributed by atoms with E-state index in [-0.39, 0.29) is 5.11 Å². The lowest BCUT2D eigenvalue weighted by Crippen LogP contribution is -2.34. The molecular formula is C24H17ClN2O3S. The van der Waals surface area contributed by atoms with Crippen LogP contribution in [0.2, 0.25) is 5.02 Å². The number of carbonyl (C=O) groups is 1. The zero-order chi connectivity index (χ0) is 22.0. The van der Waals surface area contributed by atoms with Crippen LogP contribution >= 0.6 is 23.8 Å². The van der Waals surface area contributed by atoms with Gasteiger partial charge in [0.05, 0.1) is 16.1 Å². The number of carbonyl (C=O) groups excluding carboxylic acids is 1. The van der Waals surface area contributed by atoms with Crippen molar-refractivity contribution < 1.29 is 9.21 Å². The minimum absolute atomic E-state index is 0.115. The first-order valence-corrected chi connectivity index (χ1v) is 10.2. The van der Waals surface area contributed by atoms with E-state index >= 15 is 0 Å². The first kappa shape index (κ1) is 20.8. The summed E-state index contributed by atoms with van der Waals surface area (Å²) in [7, 11) is 0. The molecule has 0 radical (unpaired) electrons. The van der Waals surface area contributed by atoms with Gasteiger partial charge in [-0.15, -0.1) is 0 Å². The third-order valence-corrected chi connectivity index (χ3v) is 5.19. The maximum atomic E-state index is 12.5. The molecule has 0 atom stereocenters. The van der Waals surface area contributed by atoms with Gasteiger partial charge in [-0.25, -0.2) is 4.79 Å². The van der Waals surface area contributed by atoms with Crippen LogP contribution in [0.25, 0.3) is 22.1 Å². The maximum absolute atomic E-state index is 12.5. The van der Waals surface area contributed by atoms with E-state index in [0.717, 1.165) is 10.9 Å². The molecule has 1 aromatic heterocycles. The first-order chi connectivity index (χ1) is 14.9. The second-order valence-corrected chi connectivity index (χ2v) is 7.77. The molecule has 154 valence electrons. The standard InChI is InChI=1S/C24H17ClN2O3S/c1-14-9-10-18(20(25)11-14)22(28)27-24(31)26-17-7-4-6-15(12-17)19-13-16-5-2-3-8-21(16)30-23(19)29/h2-13H,1H3,(H2,26,27,28,31). The van der Waals surface area contributed by atoms with E-state index in [0.29, 0.717) is 33.0 Å². The molecule has 3 aromatic carbocycles.